The van der Waals surface area contributed by atoms with Crippen LogP contribution >= 0.6 is 11.8 Å². The van der Waals surface area contributed by atoms with Crippen LogP contribution in [0.25, 0.3) is 0 Å². The first-order valence-corrected chi connectivity index (χ1v) is 8.19. The van der Waals surface area contributed by atoms with E-state index in [9.17, 15) is 9.90 Å². The van der Waals surface area contributed by atoms with E-state index >= 15 is 0 Å². The lowest BCUT2D eigenvalue weighted by atomic mass is 9.84. The van der Waals surface area contributed by atoms with E-state index in [1.165, 1.54) is 11.8 Å². The van der Waals surface area contributed by atoms with Crippen molar-refractivity contribution in [3.63, 3.8) is 0 Å². The summed E-state index contributed by atoms with van der Waals surface area (Å²) >= 11 is 1.46. The zero-order chi connectivity index (χ0) is 15.9. The predicted molar refractivity (Wildman–Crippen MR) is 80.5 cm³/mol. The first-order chi connectivity index (χ1) is 10.7. The minimum atomic E-state index is -0.849. The van der Waals surface area contributed by atoms with Crippen molar-refractivity contribution in [2.75, 3.05) is 6.26 Å². The van der Waals surface area contributed by atoms with Gasteiger partial charge in [0, 0.05) is 18.3 Å². The molecule has 2 N–H and O–H groups in total. The molecule has 2 rings (SSSR count). The van der Waals surface area contributed by atoms with Crippen molar-refractivity contribution in [2.45, 2.75) is 37.3 Å². The lowest BCUT2D eigenvalue weighted by Crippen LogP contribution is -2.25. The molecule has 2 heterocycles. The molecule has 2 aromatic heterocycles. The summed E-state index contributed by atoms with van der Waals surface area (Å²) in [5.41, 5.74) is 0.856. The van der Waals surface area contributed by atoms with E-state index in [4.69, 9.17) is 0 Å². The monoisotopic (exact) mass is 322 g/mol. The van der Waals surface area contributed by atoms with E-state index in [-0.39, 0.29) is 5.92 Å². The maximum atomic E-state index is 11.6. The normalized spacial score (nSPS) is 13.7. The fourth-order valence-corrected chi connectivity index (χ4v) is 2.67. The highest BCUT2D eigenvalue weighted by Crippen LogP contribution is 2.29. The van der Waals surface area contributed by atoms with Crippen LogP contribution in [0.1, 0.15) is 37.1 Å². The lowest BCUT2D eigenvalue weighted by Gasteiger charge is -2.20. The molecule has 0 bridgehead atoms. The number of thioether (sulfide) groups is 1. The van der Waals surface area contributed by atoms with Crippen LogP contribution in [0.15, 0.2) is 17.6 Å². The average molecular weight is 322 g/mol. The number of carboxylic acid groups (broad SMARTS) is 1. The molecule has 2 unspecified atom stereocenters. The van der Waals surface area contributed by atoms with Gasteiger partial charge in [-0.3, -0.25) is 4.79 Å². The van der Waals surface area contributed by atoms with E-state index in [0.29, 0.717) is 23.8 Å². The number of nitrogens with zero attached hydrogens (tertiary/aromatic N) is 5. The van der Waals surface area contributed by atoms with Gasteiger partial charge in [0.2, 0.25) is 0 Å². The van der Waals surface area contributed by atoms with E-state index in [2.05, 4.69) is 30.6 Å². The summed E-state index contributed by atoms with van der Waals surface area (Å²) < 4.78 is 0. The summed E-state index contributed by atoms with van der Waals surface area (Å²) in [7, 11) is 0. The van der Waals surface area contributed by atoms with Gasteiger partial charge in [0.05, 0.1) is 5.92 Å². The molecule has 2 aromatic rings. The molecule has 0 aliphatic carbocycles. The van der Waals surface area contributed by atoms with Crippen molar-refractivity contribution in [3.05, 3.63) is 23.8 Å². The lowest BCUT2D eigenvalue weighted by molar-refractivity contribution is -0.142. The number of carboxylic acids is 1. The smallest absolute Gasteiger partial charge is 0.307 e. The molecule has 0 radical (unpaired) electrons. The topological polar surface area (TPSA) is 118 Å². The van der Waals surface area contributed by atoms with Gasteiger partial charge >= 0.3 is 5.97 Å². The molecule has 118 valence electrons. The third-order valence-corrected chi connectivity index (χ3v) is 3.99. The zero-order valence-electron chi connectivity index (χ0n) is 12.4. The number of hydrogen-bond acceptors (Lipinski definition) is 7. The number of hydrogen-bond donors (Lipinski definition) is 2. The van der Waals surface area contributed by atoms with Crippen LogP contribution in [-0.4, -0.2) is 47.9 Å². The summed E-state index contributed by atoms with van der Waals surface area (Å²) in [6, 6.07) is 0. The number of carbonyl (C=O) groups is 1. The molecule has 0 amide bonds. The number of rotatable bonds is 8. The number of aromatic amines is 1. The minimum absolute atomic E-state index is 0.361. The summed E-state index contributed by atoms with van der Waals surface area (Å²) in [4.78, 5) is 20.0. The van der Waals surface area contributed by atoms with Crippen LogP contribution in [0.4, 0.5) is 0 Å². The van der Waals surface area contributed by atoms with Crippen molar-refractivity contribution in [3.8, 4) is 0 Å². The summed E-state index contributed by atoms with van der Waals surface area (Å²) in [5.74, 6) is -1.36. The predicted octanol–water partition coefficient (Wildman–Crippen LogP) is 1.54. The van der Waals surface area contributed by atoms with Gasteiger partial charge in [0.25, 0.3) is 0 Å². The summed E-state index contributed by atoms with van der Waals surface area (Å²) in [6.07, 6.45) is 7.13. The molecule has 8 nitrogen and oxygen atoms in total. The number of nitrogens with one attached hydrogen (secondary N) is 1. The first kappa shape index (κ1) is 16.3. The molecule has 0 saturated heterocycles. The van der Waals surface area contributed by atoms with Crippen molar-refractivity contribution in [2.24, 2.45) is 5.92 Å². The molecule has 2 atom stereocenters. The molecule has 9 heteroatoms. The minimum Gasteiger partial charge on any atom is -0.481 e. The van der Waals surface area contributed by atoms with Gasteiger partial charge in [-0.2, -0.15) is 5.21 Å². The zero-order valence-corrected chi connectivity index (χ0v) is 13.2. The van der Waals surface area contributed by atoms with E-state index < -0.39 is 11.9 Å². The van der Waals surface area contributed by atoms with Crippen LogP contribution in [0.2, 0.25) is 0 Å². The Hall–Kier alpha value is -2.03. The molecular formula is C13H18N6O2S. The van der Waals surface area contributed by atoms with Gasteiger partial charge in [-0.25, -0.2) is 9.97 Å². The standard InChI is InChI=1S/C13H18N6O2S/c1-3-4-9(12(20)21)10(11-16-18-19-17-11)5-8-6-14-13(22-2)15-7-8/h6-7,9-10H,3-5H2,1-2H3,(H,20,21)(H,16,17,18,19). The SMILES string of the molecule is CCCC(C(=O)O)C(Cc1cnc(SC)nc1)c1nn[nH]n1. The molecule has 0 saturated carbocycles. The highest BCUT2D eigenvalue weighted by molar-refractivity contribution is 7.98. The molecule has 0 aromatic carbocycles. The second-order valence-electron chi connectivity index (χ2n) is 4.89. The van der Waals surface area contributed by atoms with Crippen LogP contribution in [0.3, 0.4) is 0 Å². The Labute approximate surface area is 132 Å². The van der Waals surface area contributed by atoms with Crippen molar-refractivity contribution < 1.29 is 9.90 Å². The summed E-state index contributed by atoms with van der Waals surface area (Å²) in [5, 5.41) is 24.1. The maximum Gasteiger partial charge on any atom is 0.307 e. The maximum absolute atomic E-state index is 11.6. The number of aromatic nitrogens is 6. The number of H-pyrrole nitrogens is 1. The Balaban J connectivity index is 2.25. The molecule has 0 aliphatic rings. The Morgan fingerprint density at radius 2 is 2.14 bits per heavy atom. The van der Waals surface area contributed by atoms with Crippen molar-refractivity contribution >= 4 is 17.7 Å². The Bertz CT molecular complexity index is 589. The number of aliphatic carboxylic acids is 1. The second kappa shape index (κ2) is 7.83. The van der Waals surface area contributed by atoms with Gasteiger partial charge in [0.15, 0.2) is 11.0 Å². The highest BCUT2D eigenvalue weighted by Gasteiger charge is 2.32. The Morgan fingerprint density at radius 1 is 1.41 bits per heavy atom. The largest absolute Gasteiger partial charge is 0.481 e. The van der Waals surface area contributed by atoms with Gasteiger partial charge in [0.1, 0.15) is 0 Å². The van der Waals surface area contributed by atoms with Crippen LogP contribution in [-0.2, 0) is 11.2 Å². The molecule has 22 heavy (non-hydrogen) atoms. The van der Waals surface area contributed by atoms with E-state index in [1.54, 1.807) is 12.4 Å². The van der Waals surface area contributed by atoms with E-state index in [1.807, 2.05) is 13.2 Å². The van der Waals surface area contributed by atoms with Crippen molar-refractivity contribution in [1.82, 2.24) is 30.6 Å². The Morgan fingerprint density at radius 3 is 2.64 bits per heavy atom. The van der Waals surface area contributed by atoms with Crippen LogP contribution in [0.5, 0.6) is 0 Å². The van der Waals surface area contributed by atoms with Crippen molar-refractivity contribution in [1.29, 1.82) is 0 Å². The van der Waals surface area contributed by atoms with Crippen LogP contribution < -0.4 is 0 Å². The highest BCUT2D eigenvalue weighted by atomic mass is 32.2. The van der Waals surface area contributed by atoms with Gasteiger partial charge in [-0.15, -0.1) is 10.2 Å². The Kier molecular flexibility index (Phi) is 5.82. The third-order valence-electron chi connectivity index (χ3n) is 3.42. The average Bonchev–Trinajstić information content (AvgIpc) is 3.05. The van der Waals surface area contributed by atoms with Gasteiger partial charge < -0.3 is 5.11 Å². The first-order valence-electron chi connectivity index (χ1n) is 6.96. The third kappa shape index (κ3) is 4.00. The second-order valence-corrected chi connectivity index (χ2v) is 5.67. The quantitative estimate of drug-likeness (QED) is 0.555. The molecule has 0 spiro atoms. The fourth-order valence-electron chi connectivity index (χ4n) is 2.36. The number of tetrazole rings is 1. The molecular weight excluding hydrogens is 304 g/mol. The fraction of sp³-hybridized carbons (Fsp3) is 0.538. The van der Waals surface area contributed by atoms with Gasteiger partial charge in [-0.05, 0) is 24.7 Å². The molecule has 0 aliphatic heterocycles. The van der Waals surface area contributed by atoms with Crippen LogP contribution in [0, 0.1) is 5.92 Å². The van der Waals surface area contributed by atoms with Gasteiger partial charge in [-0.1, -0.05) is 30.3 Å². The molecule has 0 fully saturated rings. The van der Waals surface area contributed by atoms with E-state index in [0.717, 1.165) is 12.0 Å². The summed E-state index contributed by atoms with van der Waals surface area (Å²) in [6.45, 7) is 1.96.